The first kappa shape index (κ1) is 13.9. The van der Waals surface area contributed by atoms with E-state index in [4.69, 9.17) is 0 Å². The molecule has 0 amide bonds. The molecule has 2 rings (SSSR count). The highest BCUT2D eigenvalue weighted by atomic mass is 16.3. The van der Waals surface area contributed by atoms with Crippen LogP contribution < -0.4 is 0 Å². The Labute approximate surface area is 112 Å². The lowest BCUT2D eigenvalue weighted by molar-refractivity contribution is 0.233. The van der Waals surface area contributed by atoms with E-state index < -0.39 is 0 Å². The molecule has 0 aliphatic heterocycles. The van der Waals surface area contributed by atoms with Gasteiger partial charge in [0.1, 0.15) is 0 Å². The van der Waals surface area contributed by atoms with Crippen molar-refractivity contribution >= 4 is 0 Å². The lowest BCUT2D eigenvalue weighted by Crippen LogP contribution is -2.15. The molecule has 0 aromatic rings. The van der Waals surface area contributed by atoms with Crippen molar-refractivity contribution in [1.82, 2.24) is 0 Å². The first-order valence-corrected chi connectivity index (χ1v) is 7.94. The minimum absolute atomic E-state index is 0.263. The van der Waals surface area contributed by atoms with Crippen molar-refractivity contribution in [3.63, 3.8) is 0 Å². The summed E-state index contributed by atoms with van der Waals surface area (Å²) in [6, 6.07) is 0. The molecule has 0 aromatic heterocycles. The third-order valence-corrected chi connectivity index (χ3v) is 4.35. The van der Waals surface area contributed by atoms with Gasteiger partial charge in [0, 0.05) is 0 Å². The third-order valence-electron chi connectivity index (χ3n) is 4.35. The van der Waals surface area contributed by atoms with Crippen LogP contribution in [0.1, 0.15) is 77.0 Å². The standard InChI is InChI=1S/C17H28O/c18-17(15-11-7-3-1-4-8-12-15)16-13-9-5-2-6-10-14-16/h11,13,17-18H,1-10,12,14H2. The van der Waals surface area contributed by atoms with Gasteiger partial charge in [0.25, 0.3) is 0 Å². The Morgan fingerprint density at radius 2 is 1.11 bits per heavy atom. The second kappa shape index (κ2) is 7.78. The predicted octanol–water partition coefficient (Wildman–Crippen LogP) is 4.91. The summed E-state index contributed by atoms with van der Waals surface area (Å²) in [7, 11) is 0. The average molecular weight is 248 g/mol. The molecule has 0 atom stereocenters. The number of aliphatic hydroxyl groups is 1. The Morgan fingerprint density at radius 1 is 0.667 bits per heavy atom. The van der Waals surface area contributed by atoms with E-state index in [2.05, 4.69) is 12.2 Å². The molecule has 0 radical (unpaired) electrons. The van der Waals surface area contributed by atoms with Crippen LogP contribution in [0.25, 0.3) is 0 Å². The highest BCUT2D eigenvalue weighted by Gasteiger charge is 2.17. The van der Waals surface area contributed by atoms with Crippen LogP contribution in [0.4, 0.5) is 0 Å². The number of rotatable bonds is 2. The Bertz CT molecular complexity index is 271. The minimum Gasteiger partial charge on any atom is -0.384 e. The maximum absolute atomic E-state index is 10.6. The molecule has 0 saturated heterocycles. The molecule has 0 heterocycles. The smallest absolute Gasteiger partial charge is 0.0961 e. The summed E-state index contributed by atoms with van der Waals surface area (Å²) in [6.45, 7) is 0. The van der Waals surface area contributed by atoms with Crippen molar-refractivity contribution < 1.29 is 5.11 Å². The van der Waals surface area contributed by atoms with E-state index in [9.17, 15) is 5.11 Å². The SMILES string of the molecule is OC(C1=CCCCCCC1)C1=CCCCCCC1. The molecule has 102 valence electrons. The number of aliphatic hydroxyl groups excluding tert-OH is 1. The van der Waals surface area contributed by atoms with Gasteiger partial charge in [-0.2, -0.15) is 0 Å². The quantitative estimate of drug-likeness (QED) is 0.688. The van der Waals surface area contributed by atoms with E-state index >= 15 is 0 Å². The fourth-order valence-corrected chi connectivity index (χ4v) is 3.17. The molecule has 0 bridgehead atoms. The fraction of sp³-hybridized carbons (Fsp3) is 0.765. The highest BCUT2D eigenvalue weighted by Crippen LogP contribution is 2.27. The molecule has 18 heavy (non-hydrogen) atoms. The van der Waals surface area contributed by atoms with E-state index in [0.717, 1.165) is 12.8 Å². The fourth-order valence-electron chi connectivity index (χ4n) is 3.17. The van der Waals surface area contributed by atoms with Crippen LogP contribution in [0.2, 0.25) is 0 Å². The van der Waals surface area contributed by atoms with Gasteiger partial charge in [-0.3, -0.25) is 0 Å². The zero-order chi connectivity index (χ0) is 12.6. The Morgan fingerprint density at radius 3 is 1.61 bits per heavy atom. The van der Waals surface area contributed by atoms with E-state index in [0.29, 0.717) is 0 Å². The Balaban J connectivity index is 2.00. The first-order valence-electron chi connectivity index (χ1n) is 7.94. The molecule has 0 saturated carbocycles. The first-order chi connectivity index (χ1) is 8.88. The zero-order valence-corrected chi connectivity index (χ0v) is 11.7. The third kappa shape index (κ3) is 4.28. The average Bonchev–Trinajstić information content (AvgIpc) is 2.27. The van der Waals surface area contributed by atoms with Crippen molar-refractivity contribution in [1.29, 1.82) is 0 Å². The number of hydrogen-bond acceptors (Lipinski definition) is 1. The second-order valence-electron chi connectivity index (χ2n) is 5.87. The lowest BCUT2D eigenvalue weighted by atomic mass is 9.89. The minimum atomic E-state index is -0.263. The maximum Gasteiger partial charge on any atom is 0.0961 e. The number of allylic oxidation sites excluding steroid dienone is 2. The lowest BCUT2D eigenvalue weighted by Gasteiger charge is -2.21. The van der Waals surface area contributed by atoms with E-state index in [1.165, 1.54) is 75.4 Å². The monoisotopic (exact) mass is 248 g/mol. The molecule has 0 unspecified atom stereocenters. The van der Waals surface area contributed by atoms with Gasteiger partial charge in [-0.1, -0.05) is 37.8 Å². The van der Waals surface area contributed by atoms with Gasteiger partial charge in [0.05, 0.1) is 6.10 Å². The van der Waals surface area contributed by atoms with Gasteiger partial charge < -0.3 is 5.11 Å². The Kier molecular flexibility index (Phi) is 5.99. The molecule has 1 N–H and O–H groups in total. The van der Waals surface area contributed by atoms with Crippen molar-refractivity contribution in [2.75, 3.05) is 0 Å². The van der Waals surface area contributed by atoms with Gasteiger partial charge >= 0.3 is 0 Å². The van der Waals surface area contributed by atoms with E-state index in [1.54, 1.807) is 0 Å². The molecule has 2 aliphatic carbocycles. The van der Waals surface area contributed by atoms with Gasteiger partial charge in [-0.15, -0.1) is 0 Å². The van der Waals surface area contributed by atoms with E-state index in [1.807, 2.05) is 0 Å². The summed E-state index contributed by atoms with van der Waals surface area (Å²) >= 11 is 0. The van der Waals surface area contributed by atoms with Crippen molar-refractivity contribution in [2.45, 2.75) is 83.2 Å². The highest BCUT2D eigenvalue weighted by molar-refractivity contribution is 5.24. The summed E-state index contributed by atoms with van der Waals surface area (Å²) in [4.78, 5) is 0. The number of hydrogen-bond donors (Lipinski definition) is 1. The van der Waals surface area contributed by atoms with Crippen LogP contribution >= 0.6 is 0 Å². The predicted molar refractivity (Wildman–Crippen MR) is 77.6 cm³/mol. The summed E-state index contributed by atoms with van der Waals surface area (Å²) in [6.07, 6.45) is 19.5. The summed E-state index contributed by atoms with van der Waals surface area (Å²) in [5, 5.41) is 10.6. The van der Waals surface area contributed by atoms with Crippen molar-refractivity contribution in [3.05, 3.63) is 23.3 Å². The molecule has 1 heteroatoms. The maximum atomic E-state index is 10.6. The normalized spacial score (nSPS) is 24.9. The topological polar surface area (TPSA) is 20.2 Å². The molecule has 0 fully saturated rings. The summed E-state index contributed by atoms with van der Waals surface area (Å²) < 4.78 is 0. The van der Waals surface area contributed by atoms with Crippen LogP contribution in [-0.2, 0) is 0 Å². The van der Waals surface area contributed by atoms with Crippen LogP contribution in [0.3, 0.4) is 0 Å². The van der Waals surface area contributed by atoms with Crippen molar-refractivity contribution in [3.8, 4) is 0 Å². The van der Waals surface area contributed by atoms with Gasteiger partial charge in [0.2, 0.25) is 0 Å². The molecule has 2 aliphatic rings. The van der Waals surface area contributed by atoms with Gasteiger partial charge in [-0.05, 0) is 62.5 Å². The molecule has 0 aromatic carbocycles. The largest absolute Gasteiger partial charge is 0.384 e. The van der Waals surface area contributed by atoms with Gasteiger partial charge in [-0.25, -0.2) is 0 Å². The summed E-state index contributed by atoms with van der Waals surface area (Å²) in [5.41, 5.74) is 2.61. The Hall–Kier alpha value is -0.560. The summed E-state index contributed by atoms with van der Waals surface area (Å²) in [5.74, 6) is 0. The molecular formula is C17H28O. The van der Waals surface area contributed by atoms with Gasteiger partial charge in [0.15, 0.2) is 0 Å². The van der Waals surface area contributed by atoms with Crippen LogP contribution in [0.15, 0.2) is 23.3 Å². The van der Waals surface area contributed by atoms with Crippen LogP contribution in [-0.4, -0.2) is 11.2 Å². The van der Waals surface area contributed by atoms with Crippen LogP contribution in [0, 0.1) is 0 Å². The molecule has 0 spiro atoms. The molecule has 1 nitrogen and oxygen atoms in total. The zero-order valence-electron chi connectivity index (χ0n) is 11.7. The second-order valence-corrected chi connectivity index (χ2v) is 5.87. The van der Waals surface area contributed by atoms with Crippen LogP contribution in [0.5, 0.6) is 0 Å². The van der Waals surface area contributed by atoms with Crippen molar-refractivity contribution in [2.24, 2.45) is 0 Å². The van der Waals surface area contributed by atoms with E-state index in [-0.39, 0.29) is 6.10 Å². The molecular weight excluding hydrogens is 220 g/mol.